The minimum atomic E-state index is -1.08. The Bertz CT molecular complexity index is 797. The molecule has 0 aliphatic rings. The van der Waals surface area contributed by atoms with Gasteiger partial charge < -0.3 is 20.3 Å². The summed E-state index contributed by atoms with van der Waals surface area (Å²) in [6, 6.07) is 4.88. The highest BCUT2D eigenvalue weighted by atomic mass is 16.4. The van der Waals surface area contributed by atoms with Gasteiger partial charge >= 0.3 is 5.97 Å². The second-order valence-corrected chi connectivity index (χ2v) is 6.07. The van der Waals surface area contributed by atoms with Gasteiger partial charge in [-0.2, -0.15) is 0 Å². The molecule has 25 heavy (non-hydrogen) atoms. The molecule has 1 heterocycles. The third kappa shape index (κ3) is 4.37. The van der Waals surface area contributed by atoms with E-state index >= 15 is 0 Å². The summed E-state index contributed by atoms with van der Waals surface area (Å²) in [4.78, 5) is 39.5. The summed E-state index contributed by atoms with van der Waals surface area (Å²) in [5, 5.41) is 12.8. The number of nitrogens with one attached hydrogen (secondary N) is 2. The van der Waals surface area contributed by atoms with Crippen LogP contribution >= 0.6 is 0 Å². The van der Waals surface area contributed by atoms with Crippen LogP contribution in [0.5, 0.6) is 0 Å². The number of fused-ring (bicyclic) bond motifs is 1. The minimum Gasteiger partial charge on any atom is -0.480 e. The van der Waals surface area contributed by atoms with Crippen LogP contribution in [0.3, 0.4) is 0 Å². The Morgan fingerprint density at radius 3 is 2.68 bits per heavy atom. The van der Waals surface area contributed by atoms with Gasteiger partial charge in [-0.05, 0) is 31.0 Å². The van der Waals surface area contributed by atoms with Crippen LogP contribution in [-0.2, 0) is 20.8 Å². The highest BCUT2D eigenvalue weighted by Gasteiger charge is 2.26. The molecule has 7 nitrogen and oxygen atoms in total. The van der Waals surface area contributed by atoms with Crippen molar-refractivity contribution in [2.45, 2.75) is 33.2 Å². The molecule has 0 saturated heterocycles. The van der Waals surface area contributed by atoms with E-state index < -0.39 is 12.0 Å². The molecule has 0 aliphatic carbocycles. The van der Waals surface area contributed by atoms with Crippen LogP contribution in [0.25, 0.3) is 10.9 Å². The van der Waals surface area contributed by atoms with Gasteiger partial charge in [0.25, 0.3) is 0 Å². The van der Waals surface area contributed by atoms with Crippen molar-refractivity contribution in [3.05, 3.63) is 35.5 Å². The Balaban J connectivity index is 2.20. The van der Waals surface area contributed by atoms with E-state index in [4.69, 9.17) is 0 Å². The molecule has 0 radical (unpaired) electrons. The topological polar surface area (TPSA) is 103 Å². The number of carboxylic acids is 1. The van der Waals surface area contributed by atoms with Crippen molar-refractivity contribution in [2.24, 2.45) is 0 Å². The Kier molecular flexibility index (Phi) is 5.80. The molecule has 2 rings (SSSR count). The van der Waals surface area contributed by atoms with E-state index in [9.17, 15) is 19.5 Å². The second-order valence-electron chi connectivity index (χ2n) is 6.07. The average Bonchev–Trinajstić information content (AvgIpc) is 2.94. The third-order valence-corrected chi connectivity index (χ3v) is 4.21. The number of amides is 2. The molecule has 3 N–H and O–H groups in total. The maximum atomic E-state index is 12.7. The fraction of sp³-hybridized carbons (Fsp3) is 0.389. The van der Waals surface area contributed by atoms with E-state index in [0.29, 0.717) is 0 Å². The molecular weight excluding hydrogens is 322 g/mol. The first-order valence-electron chi connectivity index (χ1n) is 8.13. The molecule has 1 unspecified atom stereocenters. The van der Waals surface area contributed by atoms with E-state index in [0.717, 1.165) is 22.0 Å². The zero-order valence-electron chi connectivity index (χ0n) is 14.6. The predicted molar refractivity (Wildman–Crippen MR) is 94.2 cm³/mol. The lowest BCUT2D eigenvalue weighted by Gasteiger charge is -2.26. The average molecular weight is 345 g/mol. The van der Waals surface area contributed by atoms with Gasteiger partial charge in [-0.25, -0.2) is 4.79 Å². The number of benzene rings is 1. The highest BCUT2D eigenvalue weighted by molar-refractivity contribution is 5.92. The zero-order valence-corrected chi connectivity index (χ0v) is 14.6. The van der Waals surface area contributed by atoms with Crippen molar-refractivity contribution < 1.29 is 19.5 Å². The summed E-state index contributed by atoms with van der Waals surface area (Å²) in [5.41, 5.74) is 2.83. The molecule has 0 fully saturated rings. The zero-order chi connectivity index (χ0) is 18.6. The third-order valence-electron chi connectivity index (χ3n) is 4.21. The lowest BCUT2D eigenvalue weighted by Crippen LogP contribution is -2.47. The number of nitrogens with zero attached hydrogens (tertiary/aromatic N) is 1. The number of aryl methyl sites for hydroxylation is 1. The number of rotatable bonds is 7. The summed E-state index contributed by atoms with van der Waals surface area (Å²) >= 11 is 0. The van der Waals surface area contributed by atoms with Crippen molar-refractivity contribution in [1.82, 2.24) is 15.2 Å². The SMILES string of the molecule is CC(=O)NCCN(C(=O)Cc1c[nH]c2cccc(C)c12)C(C)C(=O)O. The van der Waals surface area contributed by atoms with Crippen LogP contribution in [0.4, 0.5) is 0 Å². The standard InChI is InChI=1S/C18H23N3O4/c1-11-5-4-6-15-17(11)14(10-20-15)9-16(23)21(12(2)18(24)25)8-7-19-13(3)22/h4-6,10,12,20H,7-9H2,1-3H3,(H,19,22)(H,24,25). The Morgan fingerprint density at radius 2 is 2.04 bits per heavy atom. The van der Waals surface area contributed by atoms with Crippen LogP contribution in [0.1, 0.15) is 25.0 Å². The number of carbonyl (C=O) groups excluding carboxylic acids is 2. The van der Waals surface area contributed by atoms with Gasteiger partial charge in [-0.15, -0.1) is 0 Å². The van der Waals surface area contributed by atoms with Gasteiger partial charge in [0.1, 0.15) is 6.04 Å². The molecule has 7 heteroatoms. The number of aliphatic carboxylic acids is 1. The van der Waals surface area contributed by atoms with Crippen LogP contribution < -0.4 is 5.32 Å². The van der Waals surface area contributed by atoms with E-state index in [1.807, 2.05) is 25.1 Å². The van der Waals surface area contributed by atoms with Crippen LogP contribution in [0, 0.1) is 6.92 Å². The summed E-state index contributed by atoms with van der Waals surface area (Å²) in [6.45, 7) is 5.17. The second kappa shape index (κ2) is 7.83. The first-order chi connectivity index (χ1) is 11.8. The van der Waals surface area contributed by atoms with Crippen LogP contribution in [-0.4, -0.2) is 51.9 Å². The molecule has 0 saturated carbocycles. The number of carboxylic acid groups (broad SMARTS) is 1. The molecule has 0 spiro atoms. The van der Waals surface area contributed by atoms with Gasteiger partial charge in [0.15, 0.2) is 0 Å². The molecular formula is C18H23N3O4. The fourth-order valence-corrected chi connectivity index (χ4v) is 2.88. The largest absolute Gasteiger partial charge is 0.480 e. The van der Waals surface area contributed by atoms with Gasteiger partial charge in [-0.1, -0.05) is 12.1 Å². The van der Waals surface area contributed by atoms with E-state index in [1.54, 1.807) is 6.20 Å². The summed E-state index contributed by atoms with van der Waals surface area (Å²) in [5.74, 6) is -1.58. The number of H-pyrrole nitrogens is 1. The van der Waals surface area contributed by atoms with Crippen molar-refractivity contribution in [1.29, 1.82) is 0 Å². The van der Waals surface area contributed by atoms with E-state index in [1.165, 1.54) is 18.7 Å². The molecule has 134 valence electrons. The maximum absolute atomic E-state index is 12.7. The van der Waals surface area contributed by atoms with Crippen molar-refractivity contribution >= 4 is 28.7 Å². The number of hydrogen-bond donors (Lipinski definition) is 3. The normalized spacial score (nSPS) is 12.0. The van der Waals surface area contributed by atoms with Crippen molar-refractivity contribution in [3.8, 4) is 0 Å². The van der Waals surface area contributed by atoms with E-state index in [-0.39, 0.29) is 31.3 Å². The summed E-state index contributed by atoms with van der Waals surface area (Å²) < 4.78 is 0. The molecule has 0 aliphatic heterocycles. The number of aromatic amines is 1. The van der Waals surface area contributed by atoms with Crippen LogP contribution in [0.15, 0.2) is 24.4 Å². The summed E-state index contributed by atoms with van der Waals surface area (Å²) in [7, 11) is 0. The monoisotopic (exact) mass is 345 g/mol. The maximum Gasteiger partial charge on any atom is 0.326 e. The Morgan fingerprint density at radius 1 is 1.32 bits per heavy atom. The van der Waals surface area contributed by atoms with Gasteiger partial charge in [0, 0.05) is 37.1 Å². The van der Waals surface area contributed by atoms with Crippen molar-refractivity contribution in [3.63, 3.8) is 0 Å². The molecule has 2 amide bonds. The van der Waals surface area contributed by atoms with Gasteiger partial charge in [-0.3, -0.25) is 9.59 Å². The molecule has 1 aromatic carbocycles. The minimum absolute atomic E-state index is 0.0997. The first-order valence-corrected chi connectivity index (χ1v) is 8.13. The fourth-order valence-electron chi connectivity index (χ4n) is 2.88. The first kappa shape index (κ1) is 18.5. The Labute approximate surface area is 146 Å². The van der Waals surface area contributed by atoms with Gasteiger partial charge in [0.2, 0.25) is 11.8 Å². The molecule has 1 atom stereocenters. The predicted octanol–water partition coefficient (Wildman–Crippen LogP) is 1.46. The number of carbonyl (C=O) groups is 3. The lowest BCUT2D eigenvalue weighted by atomic mass is 10.0. The molecule has 1 aromatic heterocycles. The highest BCUT2D eigenvalue weighted by Crippen LogP contribution is 2.23. The Hall–Kier alpha value is -2.83. The smallest absolute Gasteiger partial charge is 0.326 e. The van der Waals surface area contributed by atoms with Gasteiger partial charge in [0.05, 0.1) is 6.42 Å². The molecule has 0 bridgehead atoms. The summed E-state index contributed by atoms with van der Waals surface area (Å²) in [6.07, 6.45) is 1.88. The number of aromatic nitrogens is 1. The van der Waals surface area contributed by atoms with Crippen molar-refractivity contribution in [2.75, 3.05) is 13.1 Å². The quantitative estimate of drug-likeness (QED) is 0.707. The van der Waals surface area contributed by atoms with E-state index in [2.05, 4.69) is 10.3 Å². The van der Waals surface area contributed by atoms with Crippen LogP contribution in [0.2, 0.25) is 0 Å². The lowest BCUT2D eigenvalue weighted by molar-refractivity contribution is -0.149. The molecule has 2 aromatic rings. The number of hydrogen-bond acceptors (Lipinski definition) is 3.